The van der Waals surface area contributed by atoms with Crippen LogP contribution < -0.4 is 5.09 Å². The molecule has 0 aliphatic carbocycles. The topological polar surface area (TPSA) is 167 Å². The van der Waals surface area contributed by atoms with Crippen LogP contribution in [-0.4, -0.2) is 78.2 Å². The minimum absolute atomic E-state index is 0.0853. The molecule has 3 heterocycles. The van der Waals surface area contributed by atoms with Crippen molar-refractivity contribution in [1.29, 1.82) is 0 Å². The fourth-order valence-electron chi connectivity index (χ4n) is 7.06. The number of hydrogen-bond donors (Lipinski definition) is 3. The minimum atomic E-state index is -4.10. The normalized spacial score (nSPS) is 20.6. The Morgan fingerprint density at radius 1 is 0.900 bits per heavy atom. The second-order valence-electron chi connectivity index (χ2n) is 15.2. The number of carbonyl (C=O) groups is 1. The second-order valence-corrected chi connectivity index (χ2v) is 18.5. The van der Waals surface area contributed by atoms with Gasteiger partial charge in [-0.05, 0) is 43.0 Å². The predicted octanol–water partition coefficient (Wildman–Crippen LogP) is 7.71. The summed E-state index contributed by atoms with van der Waals surface area (Å²) < 4.78 is 40.6. The monoisotopic (exact) mass is 871 g/mol. The molecule has 6 aromatic rings. The third-order valence-corrected chi connectivity index (χ3v) is 13.4. The third kappa shape index (κ3) is 9.44. The Hall–Kier alpha value is -4.31. The first kappa shape index (κ1) is 43.8. The van der Waals surface area contributed by atoms with E-state index in [1.807, 2.05) is 135 Å². The van der Waals surface area contributed by atoms with Crippen molar-refractivity contribution >= 4 is 47.4 Å². The maximum Gasteiger partial charge on any atom is 0.405 e. The number of imidazole rings is 1. The Labute approximate surface area is 358 Å². The van der Waals surface area contributed by atoms with Crippen molar-refractivity contribution < 1.29 is 38.1 Å². The summed E-state index contributed by atoms with van der Waals surface area (Å²) in [6, 6.07) is 39.2. The van der Waals surface area contributed by atoms with E-state index in [9.17, 15) is 19.6 Å². The highest BCUT2D eigenvalue weighted by Gasteiger charge is 2.54. The van der Waals surface area contributed by atoms with Crippen LogP contribution in [0.2, 0.25) is 5.15 Å². The van der Waals surface area contributed by atoms with Gasteiger partial charge in [0.1, 0.15) is 35.3 Å². The van der Waals surface area contributed by atoms with Gasteiger partial charge in [0, 0.05) is 12.3 Å². The molecule has 2 unspecified atom stereocenters. The molecule has 0 saturated carbocycles. The summed E-state index contributed by atoms with van der Waals surface area (Å²) in [6.45, 7) is 4.77. The van der Waals surface area contributed by atoms with Crippen molar-refractivity contribution in [1.82, 2.24) is 24.6 Å². The fourth-order valence-corrected chi connectivity index (χ4v) is 9.47. The van der Waals surface area contributed by atoms with Crippen LogP contribution in [0.25, 0.3) is 11.2 Å². The lowest BCUT2D eigenvalue weighted by molar-refractivity contribution is -0.124. The number of ether oxygens (including phenoxy) is 2. The van der Waals surface area contributed by atoms with E-state index in [1.165, 1.54) is 24.1 Å². The van der Waals surface area contributed by atoms with Crippen LogP contribution in [0, 0.1) is 5.41 Å². The lowest BCUT2D eigenvalue weighted by atomic mass is 9.79. The fraction of sp³-hybridized carbons (Fsp3) is 0.318. The number of halogens is 1. The van der Waals surface area contributed by atoms with Gasteiger partial charge < -0.3 is 19.7 Å². The number of nitrogens with zero attached hydrogens (tertiary/aromatic N) is 4. The molecule has 7 rings (SSSR count). The Kier molecular flexibility index (Phi) is 13.7. The van der Waals surface area contributed by atoms with Crippen LogP contribution in [0.4, 0.5) is 0 Å². The summed E-state index contributed by atoms with van der Waals surface area (Å²) in [5.41, 5.74) is 0.405. The highest BCUT2D eigenvalue weighted by atomic mass is 35.5. The molecule has 16 heteroatoms. The number of aromatic nitrogens is 4. The van der Waals surface area contributed by atoms with Crippen molar-refractivity contribution in [2.24, 2.45) is 5.41 Å². The van der Waals surface area contributed by atoms with Gasteiger partial charge in [-0.15, -0.1) is 0 Å². The first-order valence-electron chi connectivity index (χ1n) is 19.4. The maximum absolute atomic E-state index is 14.3. The molecule has 60 heavy (non-hydrogen) atoms. The zero-order chi connectivity index (χ0) is 42.4. The number of hydrogen-bond acceptors (Lipinski definition) is 12. The number of carbonyl (C=O) groups excluding carboxylic acids is 1. The quantitative estimate of drug-likeness (QED) is 0.0333. The van der Waals surface area contributed by atoms with E-state index in [0.717, 1.165) is 34.0 Å². The Morgan fingerprint density at radius 3 is 2.05 bits per heavy atom. The summed E-state index contributed by atoms with van der Waals surface area (Å²) in [5.74, 6) is 0.154. The van der Waals surface area contributed by atoms with Gasteiger partial charge in [0.2, 0.25) is 0 Å². The van der Waals surface area contributed by atoms with E-state index in [-0.39, 0.29) is 41.4 Å². The molecule has 3 N–H and O–H groups in total. The summed E-state index contributed by atoms with van der Waals surface area (Å²) in [6.07, 6.45) is -1.12. The van der Waals surface area contributed by atoms with Crippen LogP contribution >= 0.6 is 31.1 Å². The van der Waals surface area contributed by atoms with Crippen LogP contribution in [0.1, 0.15) is 49.3 Å². The third-order valence-electron chi connectivity index (χ3n) is 10.4. The number of nitrogens with one attached hydrogen (secondary N) is 1. The van der Waals surface area contributed by atoms with E-state index in [0.29, 0.717) is 5.52 Å². The van der Waals surface area contributed by atoms with Crippen LogP contribution in [0.5, 0.6) is 0 Å². The molecule has 4 aromatic carbocycles. The lowest BCUT2D eigenvalue weighted by Gasteiger charge is -2.38. The molecule has 314 valence electrons. The molecule has 0 radical (unpaired) electrons. The van der Waals surface area contributed by atoms with Crippen LogP contribution in [0.15, 0.2) is 134 Å². The number of thioether (sulfide) groups is 1. The van der Waals surface area contributed by atoms with Crippen molar-refractivity contribution in [3.8, 4) is 0 Å². The number of aliphatic hydroxyl groups excluding tert-OH is 1. The van der Waals surface area contributed by atoms with Crippen LogP contribution in [0.3, 0.4) is 0 Å². The van der Waals surface area contributed by atoms with Crippen molar-refractivity contribution in [3.05, 3.63) is 161 Å². The van der Waals surface area contributed by atoms with E-state index >= 15 is 0 Å². The summed E-state index contributed by atoms with van der Waals surface area (Å²) in [5, 5.41) is 25.5. The van der Waals surface area contributed by atoms with Crippen molar-refractivity contribution in [3.63, 3.8) is 0 Å². The highest BCUT2D eigenvalue weighted by Crippen LogP contribution is 2.47. The SMILES string of the molecule is CC(C)(COC(c1ccccc1)(c1ccccc1)c1ccccc1)C(=O)SCCOP(=O)(NCc1ccccc1)OC[C@H]1O[C@@H](n2cnc3c(Cl)ncnc32)C(C)(O)[C@H]1O. The summed E-state index contributed by atoms with van der Waals surface area (Å²) >= 11 is 7.23. The van der Waals surface area contributed by atoms with Gasteiger partial charge in [0.15, 0.2) is 22.1 Å². The van der Waals surface area contributed by atoms with Crippen molar-refractivity contribution in [2.75, 3.05) is 25.6 Å². The zero-order valence-corrected chi connectivity index (χ0v) is 35.8. The molecule has 0 amide bonds. The van der Waals surface area contributed by atoms with E-state index in [2.05, 4.69) is 20.0 Å². The number of rotatable bonds is 18. The molecule has 13 nitrogen and oxygen atoms in total. The molecule has 0 bridgehead atoms. The molecule has 1 fully saturated rings. The van der Waals surface area contributed by atoms with Gasteiger partial charge in [-0.3, -0.25) is 18.4 Å². The van der Waals surface area contributed by atoms with Gasteiger partial charge in [-0.25, -0.2) is 24.6 Å². The molecule has 0 spiro atoms. The molecule has 1 saturated heterocycles. The lowest BCUT2D eigenvalue weighted by Crippen LogP contribution is -2.44. The van der Waals surface area contributed by atoms with E-state index < -0.39 is 49.4 Å². The smallest absolute Gasteiger partial charge is 0.387 e. The van der Waals surface area contributed by atoms with Gasteiger partial charge in [0.05, 0.1) is 31.6 Å². The zero-order valence-electron chi connectivity index (χ0n) is 33.3. The second kappa shape index (κ2) is 18.8. The first-order valence-corrected chi connectivity index (χ1v) is 22.3. The average Bonchev–Trinajstić information content (AvgIpc) is 3.80. The molecular weight excluding hydrogens is 825 g/mol. The maximum atomic E-state index is 14.3. The van der Waals surface area contributed by atoms with E-state index in [4.69, 9.17) is 30.1 Å². The average molecular weight is 872 g/mol. The van der Waals surface area contributed by atoms with Gasteiger partial charge in [0.25, 0.3) is 0 Å². The van der Waals surface area contributed by atoms with Crippen LogP contribution in [-0.2, 0) is 40.0 Å². The predicted molar refractivity (Wildman–Crippen MR) is 230 cm³/mol. The number of benzene rings is 4. The number of aliphatic hydroxyl groups is 2. The molecule has 5 atom stereocenters. The van der Waals surface area contributed by atoms with Gasteiger partial charge >= 0.3 is 7.75 Å². The standard InChI is InChI=1S/C44H47ClN5O8PS/c1-42(2,28-55-44(32-18-10-5-11-19-32,33-20-12-6-13-21-33)34-22-14-7-15-23-34)41(52)60-25-24-56-59(54,49-26-31-16-8-4-9-17-31)57-27-35-37(51)43(3,53)40(58-35)50-30-48-36-38(45)46-29-47-39(36)50/h4-23,29-30,35,37,40,51,53H,24-28H2,1-3H3,(H,49,54)/t35-,37+,40-,43?,59?/m1/s1. The Morgan fingerprint density at radius 2 is 1.47 bits per heavy atom. The first-order chi connectivity index (χ1) is 28.8. The van der Waals surface area contributed by atoms with Crippen molar-refractivity contribution in [2.45, 2.75) is 57.0 Å². The largest absolute Gasteiger partial charge is 0.405 e. The molecule has 2 aromatic heterocycles. The molecular formula is C44H47ClN5O8PS. The summed E-state index contributed by atoms with van der Waals surface area (Å²) in [4.78, 5) is 26.3. The Bertz CT molecular complexity index is 2300. The molecule has 1 aliphatic rings. The Balaban J connectivity index is 1.02. The van der Waals surface area contributed by atoms with Gasteiger partial charge in [-0.1, -0.05) is 145 Å². The van der Waals surface area contributed by atoms with Gasteiger partial charge in [-0.2, -0.15) is 0 Å². The molecule has 1 aliphatic heterocycles. The number of fused-ring (bicyclic) bond motifs is 1. The highest BCUT2D eigenvalue weighted by molar-refractivity contribution is 8.13. The van der Waals surface area contributed by atoms with E-state index in [1.54, 1.807) is 0 Å². The summed E-state index contributed by atoms with van der Waals surface area (Å²) in [7, 11) is -4.10. The minimum Gasteiger partial charge on any atom is -0.387 e.